The Kier molecular flexibility index (Phi) is 5.33. The van der Waals surface area contributed by atoms with Gasteiger partial charge in [0.1, 0.15) is 9.96 Å². The van der Waals surface area contributed by atoms with Crippen molar-refractivity contribution in [3.63, 3.8) is 0 Å². The van der Waals surface area contributed by atoms with E-state index in [4.69, 9.17) is 16.3 Å². The van der Waals surface area contributed by atoms with Gasteiger partial charge >= 0.3 is 0 Å². The Morgan fingerprint density at radius 3 is 2.52 bits per heavy atom. The van der Waals surface area contributed by atoms with Crippen molar-refractivity contribution in [2.45, 2.75) is 4.21 Å². The number of carbonyl (C=O) groups excluding carboxylic acids is 1. The van der Waals surface area contributed by atoms with Gasteiger partial charge in [0, 0.05) is 31.2 Å². The minimum absolute atomic E-state index is 0.215. The van der Waals surface area contributed by atoms with E-state index < -0.39 is 10.0 Å². The number of sulfonamides is 1. The SMILES string of the molecule is COc1ccc(Cl)cc1C(=O)N1CCN(S(=O)(=O)c2cccs2)CC1. The van der Waals surface area contributed by atoms with E-state index in [-0.39, 0.29) is 19.0 Å². The lowest BCUT2D eigenvalue weighted by Crippen LogP contribution is -2.50. The van der Waals surface area contributed by atoms with Crippen LogP contribution < -0.4 is 4.74 Å². The van der Waals surface area contributed by atoms with Crippen LogP contribution in [0.5, 0.6) is 5.75 Å². The second kappa shape index (κ2) is 7.33. The summed E-state index contributed by atoms with van der Waals surface area (Å²) in [5.74, 6) is 0.232. The molecule has 1 saturated heterocycles. The predicted octanol–water partition coefficient (Wildman–Crippen LogP) is 2.56. The smallest absolute Gasteiger partial charge is 0.257 e. The summed E-state index contributed by atoms with van der Waals surface area (Å²) in [5, 5.41) is 2.18. The molecule has 6 nitrogen and oxygen atoms in total. The molecule has 0 saturated carbocycles. The third kappa shape index (κ3) is 3.67. The molecular formula is C16H17ClN2O4S2. The van der Waals surface area contributed by atoms with Crippen LogP contribution in [0.1, 0.15) is 10.4 Å². The number of hydrogen-bond donors (Lipinski definition) is 0. The first-order valence-electron chi connectivity index (χ1n) is 7.60. The van der Waals surface area contributed by atoms with E-state index >= 15 is 0 Å². The zero-order valence-corrected chi connectivity index (χ0v) is 15.9. The molecule has 3 rings (SSSR count). The summed E-state index contributed by atoms with van der Waals surface area (Å²) < 4.78 is 32.0. The Morgan fingerprint density at radius 2 is 1.92 bits per heavy atom. The average Bonchev–Trinajstić information content (AvgIpc) is 3.16. The Balaban J connectivity index is 1.72. The molecule has 1 aromatic heterocycles. The van der Waals surface area contributed by atoms with Crippen molar-refractivity contribution in [2.24, 2.45) is 0 Å². The number of rotatable bonds is 4. The fraction of sp³-hybridized carbons (Fsp3) is 0.312. The van der Waals surface area contributed by atoms with Gasteiger partial charge in [-0.05, 0) is 29.6 Å². The molecule has 0 radical (unpaired) electrons. The van der Waals surface area contributed by atoms with Gasteiger partial charge in [0.15, 0.2) is 0 Å². The van der Waals surface area contributed by atoms with Gasteiger partial charge in [-0.25, -0.2) is 8.42 Å². The van der Waals surface area contributed by atoms with Crippen molar-refractivity contribution in [3.05, 3.63) is 46.3 Å². The third-order valence-electron chi connectivity index (χ3n) is 4.01. The van der Waals surface area contributed by atoms with Crippen LogP contribution in [-0.4, -0.2) is 56.8 Å². The summed E-state index contributed by atoms with van der Waals surface area (Å²) in [4.78, 5) is 14.4. The second-order valence-electron chi connectivity index (χ2n) is 5.47. The highest BCUT2D eigenvalue weighted by Gasteiger charge is 2.31. The number of amides is 1. The standard InChI is InChI=1S/C16H17ClN2O4S2/c1-23-14-5-4-12(17)11-13(14)16(20)18-6-8-19(9-7-18)25(21,22)15-3-2-10-24-15/h2-5,10-11H,6-9H2,1H3. The lowest BCUT2D eigenvalue weighted by molar-refractivity contribution is 0.0694. The quantitative estimate of drug-likeness (QED) is 0.791. The molecule has 0 N–H and O–H groups in total. The van der Waals surface area contributed by atoms with Crippen LogP contribution in [-0.2, 0) is 10.0 Å². The average molecular weight is 401 g/mol. The maximum atomic E-state index is 12.7. The lowest BCUT2D eigenvalue weighted by Gasteiger charge is -2.34. The van der Waals surface area contributed by atoms with Gasteiger partial charge in [-0.1, -0.05) is 17.7 Å². The van der Waals surface area contributed by atoms with Gasteiger partial charge in [0.05, 0.1) is 12.7 Å². The number of halogens is 1. The first kappa shape index (κ1) is 18.2. The highest BCUT2D eigenvalue weighted by molar-refractivity contribution is 7.91. The van der Waals surface area contributed by atoms with Gasteiger partial charge in [-0.3, -0.25) is 4.79 Å². The molecule has 2 aromatic rings. The van der Waals surface area contributed by atoms with Crippen LogP contribution in [0.25, 0.3) is 0 Å². The number of hydrogen-bond acceptors (Lipinski definition) is 5. The largest absolute Gasteiger partial charge is 0.496 e. The zero-order valence-electron chi connectivity index (χ0n) is 13.5. The van der Waals surface area contributed by atoms with Crippen molar-refractivity contribution < 1.29 is 17.9 Å². The Bertz CT molecular complexity index is 860. The molecule has 1 fully saturated rings. The maximum absolute atomic E-state index is 12.7. The normalized spacial score (nSPS) is 16.0. The van der Waals surface area contributed by atoms with Crippen LogP contribution in [0.4, 0.5) is 0 Å². The molecule has 1 amide bonds. The second-order valence-corrected chi connectivity index (χ2v) is 9.02. The molecule has 0 bridgehead atoms. The molecule has 0 unspecified atom stereocenters. The topological polar surface area (TPSA) is 66.9 Å². The Morgan fingerprint density at radius 1 is 1.20 bits per heavy atom. The van der Waals surface area contributed by atoms with Crippen molar-refractivity contribution in [2.75, 3.05) is 33.3 Å². The van der Waals surface area contributed by atoms with Crippen molar-refractivity contribution >= 4 is 38.9 Å². The van der Waals surface area contributed by atoms with Crippen LogP contribution in [0.2, 0.25) is 5.02 Å². The first-order chi connectivity index (χ1) is 11.9. The van der Waals surface area contributed by atoms with Crippen LogP contribution >= 0.6 is 22.9 Å². The Labute approximate surface area is 155 Å². The number of ether oxygens (including phenoxy) is 1. The van der Waals surface area contributed by atoms with E-state index in [1.54, 1.807) is 40.6 Å². The number of nitrogens with zero attached hydrogens (tertiary/aromatic N) is 2. The summed E-state index contributed by atoms with van der Waals surface area (Å²) in [7, 11) is -1.99. The number of carbonyl (C=O) groups is 1. The minimum atomic E-state index is -3.48. The monoisotopic (exact) mass is 400 g/mol. The van der Waals surface area contributed by atoms with Gasteiger partial charge in [-0.15, -0.1) is 11.3 Å². The fourth-order valence-corrected chi connectivity index (χ4v) is 5.43. The molecular weight excluding hydrogens is 384 g/mol. The molecule has 0 atom stereocenters. The van der Waals surface area contributed by atoms with Crippen molar-refractivity contribution in [1.29, 1.82) is 0 Å². The van der Waals surface area contributed by atoms with E-state index in [1.165, 1.54) is 22.8 Å². The van der Waals surface area contributed by atoms with E-state index in [1.807, 2.05) is 0 Å². The van der Waals surface area contributed by atoms with Crippen LogP contribution in [0, 0.1) is 0 Å². The molecule has 1 aliphatic rings. The summed E-state index contributed by atoms with van der Waals surface area (Å²) in [5.41, 5.74) is 0.379. The highest BCUT2D eigenvalue weighted by Crippen LogP contribution is 2.26. The fourth-order valence-electron chi connectivity index (χ4n) is 2.69. The van der Waals surface area contributed by atoms with E-state index in [0.29, 0.717) is 33.6 Å². The third-order valence-corrected chi connectivity index (χ3v) is 7.51. The van der Waals surface area contributed by atoms with Crippen LogP contribution in [0.3, 0.4) is 0 Å². The number of methoxy groups -OCH3 is 1. The van der Waals surface area contributed by atoms with Crippen molar-refractivity contribution in [3.8, 4) is 5.75 Å². The van der Waals surface area contributed by atoms with Gasteiger partial charge < -0.3 is 9.64 Å². The number of thiophene rings is 1. The number of benzene rings is 1. The van der Waals surface area contributed by atoms with Crippen molar-refractivity contribution in [1.82, 2.24) is 9.21 Å². The lowest BCUT2D eigenvalue weighted by atomic mass is 10.1. The summed E-state index contributed by atoms with van der Waals surface area (Å²) in [6, 6.07) is 8.17. The minimum Gasteiger partial charge on any atom is -0.496 e. The molecule has 0 aliphatic carbocycles. The predicted molar refractivity (Wildman–Crippen MR) is 97.0 cm³/mol. The zero-order chi connectivity index (χ0) is 18.0. The van der Waals surface area contributed by atoms with Crippen LogP contribution in [0.15, 0.2) is 39.9 Å². The highest BCUT2D eigenvalue weighted by atomic mass is 35.5. The Hall–Kier alpha value is -1.61. The molecule has 2 heterocycles. The summed E-state index contributed by atoms with van der Waals surface area (Å²) in [6.07, 6.45) is 0. The van der Waals surface area contributed by atoms with E-state index in [2.05, 4.69) is 0 Å². The first-order valence-corrected chi connectivity index (χ1v) is 10.3. The van der Waals surface area contributed by atoms with E-state index in [0.717, 1.165) is 0 Å². The molecule has 25 heavy (non-hydrogen) atoms. The molecule has 0 spiro atoms. The summed E-state index contributed by atoms with van der Waals surface area (Å²) >= 11 is 7.18. The summed E-state index contributed by atoms with van der Waals surface area (Å²) in [6.45, 7) is 1.15. The maximum Gasteiger partial charge on any atom is 0.257 e. The molecule has 1 aromatic carbocycles. The van der Waals surface area contributed by atoms with Gasteiger partial charge in [-0.2, -0.15) is 4.31 Å². The van der Waals surface area contributed by atoms with Gasteiger partial charge in [0.2, 0.25) is 0 Å². The number of piperazine rings is 1. The van der Waals surface area contributed by atoms with E-state index in [9.17, 15) is 13.2 Å². The molecule has 9 heteroatoms. The van der Waals surface area contributed by atoms with Gasteiger partial charge in [0.25, 0.3) is 15.9 Å². The molecule has 1 aliphatic heterocycles. The molecule has 134 valence electrons.